The van der Waals surface area contributed by atoms with Crippen LogP contribution in [0.4, 0.5) is 5.69 Å². The molecule has 10 heteroatoms. The van der Waals surface area contributed by atoms with Crippen LogP contribution in [0, 0.1) is 12.8 Å². The molecule has 1 amide bonds. The molecule has 2 aliphatic rings. The number of furan rings is 1. The first-order chi connectivity index (χ1) is 22.0. The Morgan fingerprint density at radius 1 is 1.07 bits per heavy atom. The molecule has 0 bridgehead atoms. The first-order valence-electron chi connectivity index (χ1n) is 15.5. The lowest BCUT2D eigenvalue weighted by Gasteiger charge is -2.42. The van der Waals surface area contributed by atoms with Crippen molar-refractivity contribution in [2.45, 2.75) is 39.7 Å². The van der Waals surface area contributed by atoms with Crippen LogP contribution >= 0.6 is 0 Å². The van der Waals surface area contributed by atoms with Crippen molar-refractivity contribution in [1.29, 1.82) is 0 Å². The SMILES string of the molecule is C=COc1ccc(N2CCN(C(=O)C3CC3)CC2COc2cc(OC)cc3oc(-c4cn5nc(C)ccc5n4)cc23)cc1.CC. The maximum atomic E-state index is 13.0. The quantitative estimate of drug-likeness (QED) is 0.175. The van der Waals surface area contributed by atoms with Crippen LogP contribution in [0.1, 0.15) is 32.4 Å². The lowest BCUT2D eigenvalue weighted by atomic mass is 10.1. The van der Waals surface area contributed by atoms with Crippen molar-refractivity contribution in [2.75, 3.05) is 38.3 Å². The van der Waals surface area contributed by atoms with E-state index in [1.54, 1.807) is 11.6 Å². The Kier molecular flexibility index (Phi) is 8.64. The molecular formula is C35H39N5O5. The zero-order valence-electron chi connectivity index (χ0n) is 26.2. The number of carbonyl (C=O) groups excluding carboxylic acids is 1. The van der Waals surface area contributed by atoms with E-state index in [1.807, 2.05) is 86.5 Å². The van der Waals surface area contributed by atoms with E-state index in [9.17, 15) is 4.79 Å². The molecule has 0 radical (unpaired) electrons. The fraction of sp³-hybridized carbons (Fsp3) is 0.343. The Labute approximate surface area is 262 Å². The standard InChI is InChI=1S/C33H33N5O5.C2H6/c1-4-41-25-10-8-23(9-11-25)37-14-13-36(33(39)22-6-7-22)18-24(37)20-42-29-15-26(40-3)16-30-27(29)17-31(43-30)28-19-38-32(34-28)12-5-21(2)35-38;1-2/h4-5,8-12,15-17,19,22,24H,1,6-7,13-14,18,20H2,2-3H3;1-2H3. The topological polar surface area (TPSA) is 94.6 Å². The third kappa shape index (κ3) is 6.31. The molecule has 0 N–H and O–H groups in total. The summed E-state index contributed by atoms with van der Waals surface area (Å²) in [4.78, 5) is 22.0. The number of rotatable bonds is 9. The highest BCUT2D eigenvalue weighted by molar-refractivity contribution is 5.89. The van der Waals surface area contributed by atoms with E-state index >= 15 is 0 Å². The predicted molar refractivity (Wildman–Crippen MR) is 174 cm³/mol. The third-order valence-corrected chi connectivity index (χ3v) is 8.05. The second-order valence-electron chi connectivity index (χ2n) is 11.0. The monoisotopic (exact) mass is 609 g/mol. The summed E-state index contributed by atoms with van der Waals surface area (Å²) < 4.78 is 25.5. The molecule has 1 atom stereocenters. The number of methoxy groups -OCH3 is 1. The number of piperazine rings is 1. The molecule has 7 rings (SSSR count). The Hall–Kier alpha value is -4.99. The minimum Gasteiger partial charge on any atom is -0.496 e. The van der Waals surface area contributed by atoms with Crippen LogP contribution in [0.5, 0.6) is 17.2 Å². The van der Waals surface area contributed by atoms with Crippen molar-refractivity contribution in [3.05, 3.63) is 79.3 Å². The van der Waals surface area contributed by atoms with Gasteiger partial charge in [-0.3, -0.25) is 4.79 Å². The van der Waals surface area contributed by atoms with Crippen LogP contribution in [0.2, 0.25) is 0 Å². The van der Waals surface area contributed by atoms with Gasteiger partial charge in [-0.15, -0.1) is 0 Å². The summed E-state index contributed by atoms with van der Waals surface area (Å²) in [5, 5.41) is 5.32. The molecule has 234 valence electrons. The first-order valence-corrected chi connectivity index (χ1v) is 15.5. The summed E-state index contributed by atoms with van der Waals surface area (Å²) in [6.45, 7) is 11.9. The molecular weight excluding hydrogens is 570 g/mol. The molecule has 10 nitrogen and oxygen atoms in total. The largest absolute Gasteiger partial charge is 0.496 e. The lowest BCUT2D eigenvalue weighted by molar-refractivity contribution is -0.133. The second-order valence-corrected chi connectivity index (χ2v) is 11.0. The fourth-order valence-corrected chi connectivity index (χ4v) is 5.67. The number of nitrogens with zero attached hydrogens (tertiary/aromatic N) is 5. The molecule has 1 unspecified atom stereocenters. The van der Waals surface area contributed by atoms with E-state index < -0.39 is 0 Å². The average molecular weight is 610 g/mol. The summed E-state index contributed by atoms with van der Waals surface area (Å²) in [6.07, 6.45) is 5.24. The van der Waals surface area contributed by atoms with Gasteiger partial charge in [-0.25, -0.2) is 9.50 Å². The molecule has 5 aromatic rings. The van der Waals surface area contributed by atoms with Crippen LogP contribution in [-0.2, 0) is 4.79 Å². The van der Waals surface area contributed by atoms with E-state index in [-0.39, 0.29) is 17.9 Å². The summed E-state index contributed by atoms with van der Waals surface area (Å²) in [5.41, 5.74) is 3.99. The Bertz CT molecular complexity index is 1810. The van der Waals surface area contributed by atoms with Crippen molar-refractivity contribution in [2.24, 2.45) is 5.92 Å². The van der Waals surface area contributed by atoms with Crippen molar-refractivity contribution >= 4 is 28.2 Å². The molecule has 2 aromatic carbocycles. The summed E-state index contributed by atoms with van der Waals surface area (Å²) in [5.74, 6) is 3.02. The lowest BCUT2D eigenvalue weighted by Crippen LogP contribution is -2.57. The van der Waals surface area contributed by atoms with Gasteiger partial charge in [0, 0.05) is 43.4 Å². The summed E-state index contributed by atoms with van der Waals surface area (Å²) >= 11 is 0. The zero-order valence-corrected chi connectivity index (χ0v) is 26.2. The number of benzene rings is 2. The zero-order chi connectivity index (χ0) is 31.5. The molecule has 1 saturated heterocycles. The van der Waals surface area contributed by atoms with E-state index in [0.29, 0.717) is 54.8 Å². The van der Waals surface area contributed by atoms with Crippen LogP contribution in [0.25, 0.3) is 28.1 Å². The number of amides is 1. The highest BCUT2D eigenvalue weighted by Gasteiger charge is 2.37. The van der Waals surface area contributed by atoms with Gasteiger partial charge in [-0.05, 0) is 62.2 Å². The molecule has 0 spiro atoms. The number of imidazole rings is 1. The Morgan fingerprint density at radius 3 is 2.60 bits per heavy atom. The van der Waals surface area contributed by atoms with Gasteiger partial charge in [0.2, 0.25) is 5.91 Å². The summed E-state index contributed by atoms with van der Waals surface area (Å²) in [6, 6.07) is 17.4. The number of aromatic nitrogens is 3. The van der Waals surface area contributed by atoms with E-state index in [1.165, 1.54) is 6.26 Å². The number of ether oxygens (including phenoxy) is 3. The molecule has 3 aromatic heterocycles. The van der Waals surface area contributed by atoms with Crippen LogP contribution in [0.3, 0.4) is 0 Å². The predicted octanol–water partition coefficient (Wildman–Crippen LogP) is 6.51. The van der Waals surface area contributed by atoms with E-state index in [4.69, 9.17) is 23.6 Å². The van der Waals surface area contributed by atoms with Crippen LogP contribution in [0.15, 0.2) is 78.1 Å². The average Bonchev–Trinajstić information content (AvgIpc) is 3.69. The van der Waals surface area contributed by atoms with Gasteiger partial charge < -0.3 is 28.4 Å². The van der Waals surface area contributed by atoms with Crippen LogP contribution in [-0.4, -0.2) is 64.8 Å². The van der Waals surface area contributed by atoms with Gasteiger partial charge in [0.25, 0.3) is 0 Å². The molecule has 45 heavy (non-hydrogen) atoms. The number of carbonyl (C=O) groups is 1. The number of hydrogen-bond donors (Lipinski definition) is 0. The van der Waals surface area contributed by atoms with Gasteiger partial charge in [0.15, 0.2) is 11.4 Å². The number of anilines is 1. The maximum absolute atomic E-state index is 13.0. The van der Waals surface area contributed by atoms with E-state index in [0.717, 1.165) is 41.0 Å². The normalized spacial score (nSPS) is 16.3. The van der Waals surface area contributed by atoms with Gasteiger partial charge in [0.05, 0.1) is 36.7 Å². The fourth-order valence-electron chi connectivity index (χ4n) is 5.67. The first kappa shape index (κ1) is 30.1. The highest BCUT2D eigenvalue weighted by atomic mass is 16.5. The van der Waals surface area contributed by atoms with Gasteiger partial charge in [-0.1, -0.05) is 20.4 Å². The van der Waals surface area contributed by atoms with Gasteiger partial charge in [-0.2, -0.15) is 5.10 Å². The smallest absolute Gasteiger partial charge is 0.225 e. The number of aryl methyl sites for hydroxylation is 1. The number of fused-ring (bicyclic) bond motifs is 2. The van der Waals surface area contributed by atoms with Crippen molar-refractivity contribution in [3.8, 4) is 28.7 Å². The minimum atomic E-state index is -0.0667. The van der Waals surface area contributed by atoms with Gasteiger partial charge in [0.1, 0.15) is 35.1 Å². The second kappa shape index (κ2) is 12.9. The Morgan fingerprint density at radius 2 is 1.87 bits per heavy atom. The maximum Gasteiger partial charge on any atom is 0.225 e. The molecule has 1 aliphatic carbocycles. The van der Waals surface area contributed by atoms with Crippen LogP contribution < -0.4 is 19.1 Å². The molecule has 1 saturated carbocycles. The molecule has 1 aliphatic heterocycles. The van der Waals surface area contributed by atoms with Crippen molar-refractivity contribution in [1.82, 2.24) is 19.5 Å². The Balaban J connectivity index is 0.00000175. The van der Waals surface area contributed by atoms with Crippen molar-refractivity contribution in [3.63, 3.8) is 0 Å². The molecule has 4 heterocycles. The van der Waals surface area contributed by atoms with Crippen molar-refractivity contribution < 1.29 is 23.4 Å². The summed E-state index contributed by atoms with van der Waals surface area (Å²) in [7, 11) is 1.62. The third-order valence-electron chi connectivity index (χ3n) is 8.05. The van der Waals surface area contributed by atoms with E-state index in [2.05, 4.69) is 16.6 Å². The highest BCUT2D eigenvalue weighted by Crippen LogP contribution is 2.38. The molecule has 2 fully saturated rings. The minimum absolute atomic E-state index is 0.0667. The van der Waals surface area contributed by atoms with Gasteiger partial charge >= 0.3 is 0 Å². The number of hydrogen-bond acceptors (Lipinski definition) is 8.